The van der Waals surface area contributed by atoms with Gasteiger partial charge in [0.15, 0.2) is 0 Å². The Morgan fingerprint density at radius 3 is 2.32 bits per heavy atom. The zero-order chi connectivity index (χ0) is 14.0. The Balaban J connectivity index is 2.33. The number of hydrogen-bond acceptors (Lipinski definition) is 5. The number of nitrogens with zero attached hydrogens (tertiary/aromatic N) is 2. The Labute approximate surface area is 120 Å². The van der Waals surface area contributed by atoms with E-state index in [-0.39, 0.29) is 0 Å². The Morgan fingerprint density at radius 1 is 1.11 bits per heavy atom. The first-order valence-corrected chi connectivity index (χ1v) is 6.56. The van der Waals surface area contributed by atoms with Gasteiger partial charge in [-0.1, -0.05) is 15.9 Å². The van der Waals surface area contributed by atoms with E-state index >= 15 is 0 Å². The molecule has 19 heavy (non-hydrogen) atoms. The van der Waals surface area contributed by atoms with Crippen LogP contribution >= 0.6 is 15.9 Å². The van der Waals surface area contributed by atoms with Crippen molar-refractivity contribution < 1.29 is 4.74 Å². The van der Waals surface area contributed by atoms with Crippen LogP contribution in [-0.4, -0.2) is 9.97 Å². The minimum atomic E-state index is 0.460. The van der Waals surface area contributed by atoms with E-state index in [0.717, 1.165) is 21.3 Å². The van der Waals surface area contributed by atoms with Crippen molar-refractivity contribution >= 4 is 21.7 Å². The number of anilines is 1. The van der Waals surface area contributed by atoms with Gasteiger partial charge in [0.1, 0.15) is 17.4 Å². The first-order chi connectivity index (χ1) is 8.99. The molecule has 0 aliphatic heterocycles. The molecule has 0 saturated heterocycles. The lowest BCUT2D eigenvalue weighted by atomic mass is 10.1. The summed E-state index contributed by atoms with van der Waals surface area (Å²) in [7, 11) is 0. The number of benzene rings is 1. The molecule has 1 aromatic carbocycles. The lowest BCUT2D eigenvalue weighted by Gasteiger charge is -2.10. The number of nitrogens with one attached hydrogen (secondary N) is 1. The second kappa shape index (κ2) is 5.54. The molecule has 0 fully saturated rings. The molecule has 0 unspecified atom stereocenters. The normalized spacial score (nSPS) is 10.4. The van der Waals surface area contributed by atoms with E-state index in [0.29, 0.717) is 17.5 Å². The number of ether oxygens (including phenoxy) is 1. The molecule has 0 bridgehead atoms. The standard InChI is InChI=1S/C13H15BrN4O/c1-7-4-10(5-8(2)13(7)14)19-12-6-11(18-15)16-9(3)17-12/h4-6H,15H2,1-3H3,(H,16,17,18). The molecule has 5 nitrogen and oxygen atoms in total. The number of nitrogens with two attached hydrogens (primary N) is 1. The number of rotatable bonds is 3. The summed E-state index contributed by atoms with van der Waals surface area (Å²) in [6.45, 7) is 5.82. The van der Waals surface area contributed by atoms with E-state index in [9.17, 15) is 0 Å². The van der Waals surface area contributed by atoms with Crippen molar-refractivity contribution in [1.82, 2.24) is 9.97 Å². The molecule has 100 valence electrons. The number of aryl methyl sites for hydroxylation is 3. The first-order valence-electron chi connectivity index (χ1n) is 5.76. The number of halogens is 1. The van der Waals surface area contributed by atoms with Crippen LogP contribution in [0.5, 0.6) is 11.6 Å². The molecule has 6 heteroatoms. The van der Waals surface area contributed by atoms with Gasteiger partial charge in [0.2, 0.25) is 5.88 Å². The highest BCUT2D eigenvalue weighted by molar-refractivity contribution is 9.10. The molecule has 2 aromatic rings. The SMILES string of the molecule is Cc1nc(NN)cc(Oc2cc(C)c(Br)c(C)c2)n1. The fourth-order valence-corrected chi connectivity index (χ4v) is 1.98. The highest BCUT2D eigenvalue weighted by Gasteiger charge is 2.07. The van der Waals surface area contributed by atoms with Crippen molar-refractivity contribution in [3.8, 4) is 11.6 Å². The lowest BCUT2D eigenvalue weighted by Crippen LogP contribution is -2.09. The third kappa shape index (κ3) is 3.21. The summed E-state index contributed by atoms with van der Waals surface area (Å²) in [5.41, 5.74) is 4.71. The average Bonchev–Trinajstić information content (AvgIpc) is 2.35. The van der Waals surface area contributed by atoms with Crippen LogP contribution in [0.3, 0.4) is 0 Å². The Bertz CT molecular complexity index is 593. The van der Waals surface area contributed by atoms with E-state index in [2.05, 4.69) is 31.3 Å². The van der Waals surface area contributed by atoms with Crippen molar-refractivity contribution in [3.63, 3.8) is 0 Å². The zero-order valence-electron chi connectivity index (χ0n) is 11.0. The summed E-state index contributed by atoms with van der Waals surface area (Å²) in [4.78, 5) is 8.33. The predicted octanol–water partition coefficient (Wildman–Crippen LogP) is 3.24. The van der Waals surface area contributed by atoms with Crippen LogP contribution in [-0.2, 0) is 0 Å². The van der Waals surface area contributed by atoms with Crippen molar-refractivity contribution in [2.75, 3.05) is 5.43 Å². The van der Waals surface area contributed by atoms with Gasteiger partial charge in [-0.2, -0.15) is 4.98 Å². The van der Waals surface area contributed by atoms with Gasteiger partial charge in [0.25, 0.3) is 0 Å². The predicted molar refractivity (Wildman–Crippen MR) is 78.3 cm³/mol. The van der Waals surface area contributed by atoms with Crippen LogP contribution in [0, 0.1) is 20.8 Å². The van der Waals surface area contributed by atoms with Gasteiger partial charge >= 0.3 is 0 Å². The van der Waals surface area contributed by atoms with Gasteiger partial charge in [-0.05, 0) is 44.0 Å². The third-order valence-corrected chi connectivity index (χ3v) is 3.85. The van der Waals surface area contributed by atoms with Crippen LogP contribution in [0.1, 0.15) is 17.0 Å². The summed E-state index contributed by atoms with van der Waals surface area (Å²) < 4.78 is 6.84. The first kappa shape index (κ1) is 13.8. The fraction of sp³-hybridized carbons (Fsp3) is 0.231. The van der Waals surface area contributed by atoms with Crippen molar-refractivity contribution in [2.45, 2.75) is 20.8 Å². The largest absolute Gasteiger partial charge is 0.439 e. The highest BCUT2D eigenvalue weighted by atomic mass is 79.9. The second-order valence-electron chi connectivity index (χ2n) is 4.26. The van der Waals surface area contributed by atoms with E-state index in [1.807, 2.05) is 26.0 Å². The van der Waals surface area contributed by atoms with Crippen LogP contribution in [0.15, 0.2) is 22.7 Å². The Kier molecular flexibility index (Phi) is 4.01. The van der Waals surface area contributed by atoms with Crippen molar-refractivity contribution in [3.05, 3.63) is 39.6 Å². The van der Waals surface area contributed by atoms with Gasteiger partial charge in [-0.15, -0.1) is 0 Å². The lowest BCUT2D eigenvalue weighted by molar-refractivity contribution is 0.459. The molecule has 0 spiro atoms. The molecule has 3 N–H and O–H groups in total. The van der Waals surface area contributed by atoms with E-state index in [1.165, 1.54) is 0 Å². The number of hydrazine groups is 1. The molecule has 1 aromatic heterocycles. The van der Waals surface area contributed by atoms with Gasteiger partial charge in [-0.25, -0.2) is 10.8 Å². The number of nitrogen functional groups attached to an aromatic ring is 1. The van der Waals surface area contributed by atoms with Gasteiger partial charge in [0, 0.05) is 10.5 Å². The number of hydrogen-bond donors (Lipinski definition) is 2. The van der Waals surface area contributed by atoms with Gasteiger partial charge in [0.05, 0.1) is 0 Å². The Hall–Kier alpha value is -1.66. The molecule has 0 saturated carbocycles. The quantitative estimate of drug-likeness (QED) is 0.670. The summed E-state index contributed by atoms with van der Waals surface area (Å²) in [6.07, 6.45) is 0. The van der Waals surface area contributed by atoms with Crippen LogP contribution in [0.25, 0.3) is 0 Å². The molecule has 0 amide bonds. The maximum atomic E-state index is 5.75. The van der Waals surface area contributed by atoms with Gasteiger partial charge < -0.3 is 10.2 Å². The molecule has 2 rings (SSSR count). The monoisotopic (exact) mass is 322 g/mol. The smallest absolute Gasteiger partial charge is 0.224 e. The average molecular weight is 323 g/mol. The summed E-state index contributed by atoms with van der Waals surface area (Å²) >= 11 is 3.53. The minimum Gasteiger partial charge on any atom is -0.439 e. The van der Waals surface area contributed by atoms with Crippen molar-refractivity contribution in [1.29, 1.82) is 0 Å². The summed E-state index contributed by atoms with van der Waals surface area (Å²) in [5, 5.41) is 0. The van der Waals surface area contributed by atoms with Crippen LogP contribution in [0.4, 0.5) is 5.82 Å². The third-order valence-electron chi connectivity index (χ3n) is 2.59. The molecule has 1 heterocycles. The summed E-state index contributed by atoms with van der Waals surface area (Å²) in [5.74, 6) is 7.66. The van der Waals surface area contributed by atoms with E-state index < -0.39 is 0 Å². The minimum absolute atomic E-state index is 0.460. The Morgan fingerprint density at radius 2 is 1.74 bits per heavy atom. The maximum Gasteiger partial charge on any atom is 0.224 e. The molecule has 0 aliphatic carbocycles. The zero-order valence-corrected chi connectivity index (χ0v) is 12.6. The molecular weight excluding hydrogens is 308 g/mol. The van der Waals surface area contributed by atoms with Gasteiger partial charge in [-0.3, -0.25) is 0 Å². The molecule has 0 aliphatic rings. The number of aromatic nitrogens is 2. The second-order valence-corrected chi connectivity index (χ2v) is 5.05. The van der Waals surface area contributed by atoms with E-state index in [4.69, 9.17) is 10.6 Å². The fourth-order valence-electron chi connectivity index (χ4n) is 1.75. The molecular formula is C13H15BrN4O. The highest BCUT2D eigenvalue weighted by Crippen LogP contribution is 2.29. The molecule has 0 atom stereocenters. The summed E-state index contributed by atoms with van der Waals surface area (Å²) in [6, 6.07) is 5.55. The van der Waals surface area contributed by atoms with Crippen molar-refractivity contribution in [2.24, 2.45) is 5.84 Å². The molecule has 0 radical (unpaired) electrons. The van der Waals surface area contributed by atoms with Crippen LogP contribution < -0.4 is 16.0 Å². The van der Waals surface area contributed by atoms with Crippen LogP contribution in [0.2, 0.25) is 0 Å². The van der Waals surface area contributed by atoms with E-state index in [1.54, 1.807) is 13.0 Å². The maximum absolute atomic E-state index is 5.75. The topological polar surface area (TPSA) is 73.1 Å².